The third-order valence-corrected chi connectivity index (χ3v) is 3.35. The van der Waals surface area contributed by atoms with Crippen molar-refractivity contribution in [1.29, 1.82) is 0 Å². The van der Waals surface area contributed by atoms with Gasteiger partial charge in [-0.05, 0) is 25.0 Å². The second kappa shape index (κ2) is 6.89. The second-order valence-electron chi connectivity index (χ2n) is 4.86. The summed E-state index contributed by atoms with van der Waals surface area (Å²) in [4.78, 5) is 23.1. The maximum absolute atomic E-state index is 12.0. The van der Waals surface area contributed by atoms with E-state index < -0.39 is 5.97 Å². The van der Waals surface area contributed by atoms with Gasteiger partial charge in [0, 0.05) is 12.1 Å². The zero-order valence-electron chi connectivity index (χ0n) is 11.3. The topological polar surface area (TPSA) is 52.6 Å². The summed E-state index contributed by atoms with van der Waals surface area (Å²) in [6.07, 6.45) is 6.22. The van der Waals surface area contributed by atoms with Crippen LogP contribution in [-0.2, 0) is 9.59 Å². The Morgan fingerprint density at radius 3 is 2.40 bits per heavy atom. The molecular weight excluding hydrogens is 256 g/mol. The lowest BCUT2D eigenvalue weighted by Crippen LogP contribution is -2.22. The first-order chi connectivity index (χ1) is 9.69. The number of benzene rings is 1. The average Bonchev–Trinajstić information content (AvgIpc) is 2.48. The van der Waals surface area contributed by atoms with Gasteiger partial charge in [0.05, 0.1) is 5.92 Å². The summed E-state index contributed by atoms with van der Waals surface area (Å²) in [5, 5.41) is 0. The lowest BCUT2D eigenvalue weighted by molar-refractivity contribution is -0.140. The molecule has 0 heterocycles. The van der Waals surface area contributed by atoms with Gasteiger partial charge >= 0.3 is 11.9 Å². The van der Waals surface area contributed by atoms with Gasteiger partial charge in [-0.2, -0.15) is 0 Å². The van der Waals surface area contributed by atoms with Gasteiger partial charge in [-0.1, -0.05) is 31.9 Å². The van der Waals surface area contributed by atoms with E-state index in [1.165, 1.54) is 12.5 Å². The molecule has 106 valence electrons. The smallest absolute Gasteiger partial charge is 0.335 e. The predicted octanol–water partition coefficient (Wildman–Crippen LogP) is 3.26. The van der Waals surface area contributed by atoms with Crippen LogP contribution in [-0.4, -0.2) is 11.9 Å². The Morgan fingerprint density at radius 1 is 1.10 bits per heavy atom. The number of hydrogen-bond donors (Lipinski definition) is 0. The summed E-state index contributed by atoms with van der Waals surface area (Å²) in [5.41, 5.74) is 0. The average molecular weight is 274 g/mol. The number of hydrogen-bond acceptors (Lipinski definition) is 4. The Kier molecular flexibility index (Phi) is 4.93. The highest BCUT2D eigenvalue weighted by Crippen LogP contribution is 2.26. The lowest BCUT2D eigenvalue weighted by Gasteiger charge is -2.19. The summed E-state index contributed by atoms with van der Waals surface area (Å²) in [6.45, 7) is 3.33. The Balaban J connectivity index is 1.98. The molecule has 0 aromatic heterocycles. The van der Waals surface area contributed by atoms with E-state index in [0.29, 0.717) is 11.5 Å². The first-order valence-electron chi connectivity index (χ1n) is 6.85. The van der Waals surface area contributed by atoms with Crippen LogP contribution in [0.5, 0.6) is 11.5 Å². The Bertz CT molecular complexity index is 501. The van der Waals surface area contributed by atoms with Crippen LogP contribution >= 0.6 is 0 Å². The van der Waals surface area contributed by atoms with Crippen LogP contribution < -0.4 is 9.47 Å². The first kappa shape index (κ1) is 14.3. The predicted molar refractivity (Wildman–Crippen MR) is 74.5 cm³/mol. The van der Waals surface area contributed by atoms with E-state index >= 15 is 0 Å². The number of ether oxygens (including phenoxy) is 2. The van der Waals surface area contributed by atoms with Crippen molar-refractivity contribution in [3.63, 3.8) is 0 Å². The van der Waals surface area contributed by atoms with Crippen LogP contribution in [0.1, 0.15) is 32.1 Å². The third kappa shape index (κ3) is 3.95. The zero-order valence-corrected chi connectivity index (χ0v) is 11.3. The molecule has 2 rings (SSSR count). The molecule has 0 unspecified atom stereocenters. The SMILES string of the molecule is C=CC(=O)Oc1cccc(OC(=O)C2CCCCC2)c1. The molecule has 4 heteroatoms. The molecular formula is C16H18O4. The van der Waals surface area contributed by atoms with Crippen molar-refractivity contribution in [2.75, 3.05) is 0 Å². The summed E-state index contributed by atoms with van der Waals surface area (Å²) >= 11 is 0. The van der Waals surface area contributed by atoms with E-state index in [0.717, 1.165) is 31.8 Å². The standard InChI is InChI=1S/C16H18O4/c1-2-15(17)19-13-9-6-10-14(11-13)20-16(18)12-7-4-3-5-8-12/h2,6,9-12H,1,3-5,7-8H2. The van der Waals surface area contributed by atoms with Gasteiger partial charge in [0.25, 0.3) is 0 Å². The number of carbonyl (C=O) groups is 2. The third-order valence-electron chi connectivity index (χ3n) is 3.35. The highest BCUT2D eigenvalue weighted by atomic mass is 16.5. The quantitative estimate of drug-likeness (QED) is 0.480. The minimum absolute atomic E-state index is 0.0110. The molecule has 0 radical (unpaired) electrons. The summed E-state index contributed by atoms with van der Waals surface area (Å²) in [7, 11) is 0. The molecule has 0 N–H and O–H groups in total. The maximum Gasteiger partial charge on any atom is 0.335 e. The molecule has 1 aliphatic carbocycles. The van der Waals surface area contributed by atoms with E-state index in [9.17, 15) is 9.59 Å². The Morgan fingerprint density at radius 2 is 1.75 bits per heavy atom. The van der Waals surface area contributed by atoms with Crippen molar-refractivity contribution >= 4 is 11.9 Å². The molecule has 0 saturated heterocycles. The minimum atomic E-state index is -0.541. The van der Waals surface area contributed by atoms with Crippen LogP contribution in [0.2, 0.25) is 0 Å². The van der Waals surface area contributed by atoms with E-state index in [1.54, 1.807) is 18.2 Å². The van der Waals surface area contributed by atoms with Crippen molar-refractivity contribution in [3.8, 4) is 11.5 Å². The van der Waals surface area contributed by atoms with Crippen molar-refractivity contribution < 1.29 is 19.1 Å². The summed E-state index contributed by atoms with van der Waals surface area (Å²) < 4.78 is 10.3. The van der Waals surface area contributed by atoms with Gasteiger partial charge < -0.3 is 9.47 Å². The zero-order chi connectivity index (χ0) is 14.4. The number of carbonyl (C=O) groups excluding carboxylic acids is 2. The van der Waals surface area contributed by atoms with Crippen LogP contribution in [0.25, 0.3) is 0 Å². The number of esters is 2. The molecule has 0 aliphatic heterocycles. The maximum atomic E-state index is 12.0. The molecule has 0 spiro atoms. The van der Waals surface area contributed by atoms with Gasteiger partial charge in [-0.3, -0.25) is 4.79 Å². The Labute approximate surface area is 118 Å². The highest BCUT2D eigenvalue weighted by molar-refractivity contribution is 5.83. The number of rotatable bonds is 4. The van der Waals surface area contributed by atoms with Gasteiger partial charge in [0.1, 0.15) is 11.5 Å². The van der Waals surface area contributed by atoms with Gasteiger partial charge in [-0.15, -0.1) is 0 Å². The fourth-order valence-electron chi connectivity index (χ4n) is 2.30. The van der Waals surface area contributed by atoms with Gasteiger partial charge in [-0.25, -0.2) is 4.79 Å². The molecule has 20 heavy (non-hydrogen) atoms. The van der Waals surface area contributed by atoms with E-state index in [-0.39, 0.29) is 11.9 Å². The molecule has 0 atom stereocenters. The van der Waals surface area contributed by atoms with Crippen LogP contribution in [0, 0.1) is 5.92 Å². The van der Waals surface area contributed by atoms with Gasteiger partial charge in [0.2, 0.25) is 0 Å². The van der Waals surface area contributed by atoms with Gasteiger partial charge in [0.15, 0.2) is 0 Å². The highest BCUT2D eigenvalue weighted by Gasteiger charge is 2.23. The molecule has 4 nitrogen and oxygen atoms in total. The Hall–Kier alpha value is -2.10. The van der Waals surface area contributed by atoms with Crippen LogP contribution in [0.3, 0.4) is 0 Å². The van der Waals surface area contributed by atoms with Crippen LogP contribution in [0.4, 0.5) is 0 Å². The van der Waals surface area contributed by atoms with E-state index in [4.69, 9.17) is 9.47 Å². The first-order valence-corrected chi connectivity index (χ1v) is 6.85. The second-order valence-corrected chi connectivity index (χ2v) is 4.86. The minimum Gasteiger partial charge on any atom is -0.426 e. The molecule has 1 aromatic rings. The monoisotopic (exact) mass is 274 g/mol. The fraction of sp³-hybridized carbons (Fsp3) is 0.375. The van der Waals surface area contributed by atoms with Crippen molar-refractivity contribution in [3.05, 3.63) is 36.9 Å². The molecule has 1 saturated carbocycles. The fourth-order valence-corrected chi connectivity index (χ4v) is 2.30. The molecule has 0 amide bonds. The lowest BCUT2D eigenvalue weighted by atomic mass is 9.89. The van der Waals surface area contributed by atoms with E-state index in [2.05, 4.69) is 6.58 Å². The van der Waals surface area contributed by atoms with Crippen molar-refractivity contribution in [1.82, 2.24) is 0 Å². The molecule has 0 bridgehead atoms. The van der Waals surface area contributed by atoms with Crippen LogP contribution in [0.15, 0.2) is 36.9 Å². The van der Waals surface area contributed by atoms with E-state index in [1.807, 2.05) is 0 Å². The largest absolute Gasteiger partial charge is 0.426 e. The molecule has 1 aromatic carbocycles. The van der Waals surface area contributed by atoms with Crippen molar-refractivity contribution in [2.45, 2.75) is 32.1 Å². The van der Waals surface area contributed by atoms with Crippen molar-refractivity contribution in [2.24, 2.45) is 5.92 Å². The summed E-state index contributed by atoms with van der Waals surface area (Å²) in [5.74, 6) is -0.0143. The molecule has 1 aliphatic rings. The normalized spacial score (nSPS) is 15.4. The molecule has 1 fully saturated rings. The summed E-state index contributed by atoms with van der Waals surface area (Å²) in [6, 6.07) is 6.50.